The summed E-state index contributed by atoms with van der Waals surface area (Å²) in [6.45, 7) is 1.98. The number of pyridine rings is 1. The van der Waals surface area contributed by atoms with Crippen molar-refractivity contribution >= 4 is 21.6 Å². The predicted molar refractivity (Wildman–Crippen MR) is 103 cm³/mol. The van der Waals surface area contributed by atoms with E-state index in [-0.39, 0.29) is 11.6 Å². The van der Waals surface area contributed by atoms with Gasteiger partial charge in [0.1, 0.15) is 0 Å². The molecule has 1 aromatic heterocycles. The molecule has 2 N–H and O–H groups in total. The van der Waals surface area contributed by atoms with Crippen molar-refractivity contribution in [1.29, 1.82) is 0 Å². The minimum atomic E-state index is -3.17. The van der Waals surface area contributed by atoms with E-state index in [1.807, 2.05) is 0 Å². The highest BCUT2D eigenvalue weighted by Gasteiger charge is 2.16. The van der Waals surface area contributed by atoms with Crippen molar-refractivity contribution in [2.75, 3.05) is 26.1 Å². The second kappa shape index (κ2) is 9.98. The van der Waals surface area contributed by atoms with Crippen LogP contribution in [-0.4, -0.2) is 39.5 Å². The summed E-state index contributed by atoms with van der Waals surface area (Å²) in [5.41, 5.74) is 1.37. The SMILES string of the molecule is CS(N)(=O)=O.Fc1cc(-c2ccc(Cl)cn2)ccc1OCC1CCCOC1. The number of sulfonamides is 1. The topological polar surface area (TPSA) is 91.5 Å². The number of halogens is 2. The molecule has 6 nitrogen and oxygen atoms in total. The van der Waals surface area contributed by atoms with Gasteiger partial charge in [-0.05, 0) is 43.2 Å². The first kappa shape index (κ1) is 21.6. The van der Waals surface area contributed by atoms with Gasteiger partial charge in [-0.3, -0.25) is 4.98 Å². The number of nitrogens with two attached hydrogens (primary N) is 1. The maximum absolute atomic E-state index is 14.2. The van der Waals surface area contributed by atoms with Crippen molar-refractivity contribution in [2.24, 2.45) is 11.1 Å². The maximum atomic E-state index is 14.2. The smallest absolute Gasteiger partial charge is 0.206 e. The quantitative estimate of drug-likeness (QED) is 0.825. The number of ether oxygens (including phenoxy) is 2. The summed E-state index contributed by atoms with van der Waals surface area (Å²) in [7, 11) is -3.17. The molecule has 1 aliphatic rings. The highest BCUT2D eigenvalue weighted by molar-refractivity contribution is 7.88. The summed E-state index contributed by atoms with van der Waals surface area (Å²) >= 11 is 5.80. The van der Waals surface area contributed by atoms with Crippen LogP contribution in [0.4, 0.5) is 4.39 Å². The minimum absolute atomic E-state index is 0.267. The Kier molecular flexibility index (Phi) is 7.97. The van der Waals surface area contributed by atoms with Crippen LogP contribution in [0.25, 0.3) is 11.3 Å². The van der Waals surface area contributed by atoms with Crippen LogP contribution in [0.5, 0.6) is 5.75 Å². The van der Waals surface area contributed by atoms with Gasteiger partial charge in [-0.2, -0.15) is 0 Å². The van der Waals surface area contributed by atoms with Crippen LogP contribution in [-0.2, 0) is 14.8 Å². The van der Waals surface area contributed by atoms with Crippen molar-refractivity contribution in [3.05, 3.63) is 47.4 Å². The first-order valence-electron chi connectivity index (χ1n) is 8.32. The zero-order valence-electron chi connectivity index (χ0n) is 14.9. The van der Waals surface area contributed by atoms with Gasteiger partial charge in [-0.25, -0.2) is 17.9 Å². The van der Waals surface area contributed by atoms with Crippen molar-refractivity contribution in [3.8, 4) is 17.0 Å². The van der Waals surface area contributed by atoms with Gasteiger partial charge in [0.25, 0.3) is 0 Å². The van der Waals surface area contributed by atoms with Gasteiger partial charge in [-0.15, -0.1) is 0 Å². The molecule has 1 aliphatic heterocycles. The molecule has 1 saturated heterocycles. The van der Waals surface area contributed by atoms with E-state index in [4.69, 9.17) is 21.1 Å². The molecule has 2 heterocycles. The molecular formula is C18H22ClFN2O4S. The zero-order chi connectivity index (χ0) is 19.9. The van der Waals surface area contributed by atoms with E-state index in [2.05, 4.69) is 10.1 Å². The van der Waals surface area contributed by atoms with Crippen LogP contribution in [0.1, 0.15) is 12.8 Å². The average Bonchev–Trinajstić information content (AvgIpc) is 2.61. The van der Waals surface area contributed by atoms with Gasteiger partial charge < -0.3 is 9.47 Å². The Labute approximate surface area is 163 Å². The molecule has 1 unspecified atom stereocenters. The van der Waals surface area contributed by atoms with Crippen molar-refractivity contribution in [3.63, 3.8) is 0 Å². The van der Waals surface area contributed by atoms with Gasteiger partial charge in [0, 0.05) is 24.3 Å². The number of rotatable bonds is 4. The number of primary sulfonamides is 1. The van der Waals surface area contributed by atoms with E-state index in [1.165, 1.54) is 6.07 Å². The fraction of sp³-hybridized carbons (Fsp3) is 0.389. The van der Waals surface area contributed by atoms with Crippen LogP contribution in [0.2, 0.25) is 5.02 Å². The third-order valence-electron chi connectivity index (χ3n) is 3.68. The summed E-state index contributed by atoms with van der Waals surface area (Å²) in [4.78, 5) is 4.18. The van der Waals surface area contributed by atoms with Crippen LogP contribution in [0.15, 0.2) is 36.5 Å². The lowest BCUT2D eigenvalue weighted by Gasteiger charge is -2.22. The van der Waals surface area contributed by atoms with Crippen LogP contribution in [0, 0.1) is 11.7 Å². The van der Waals surface area contributed by atoms with E-state index < -0.39 is 10.0 Å². The Bertz CT molecular complexity index is 833. The Hall–Kier alpha value is -1.74. The minimum Gasteiger partial charge on any atom is -0.490 e. The third kappa shape index (κ3) is 8.21. The van der Waals surface area contributed by atoms with Gasteiger partial charge in [-0.1, -0.05) is 11.6 Å². The van der Waals surface area contributed by atoms with E-state index >= 15 is 0 Å². The third-order valence-corrected chi connectivity index (χ3v) is 3.91. The Morgan fingerprint density at radius 1 is 1.37 bits per heavy atom. The second-order valence-electron chi connectivity index (χ2n) is 6.23. The van der Waals surface area contributed by atoms with Gasteiger partial charge in [0.2, 0.25) is 10.0 Å². The van der Waals surface area contributed by atoms with Crippen molar-refractivity contribution in [1.82, 2.24) is 4.98 Å². The Balaban J connectivity index is 0.000000465. The van der Waals surface area contributed by atoms with Gasteiger partial charge in [0.05, 0.1) is 30.2 Å². The molecule has 0 saturated carbocycles. The van der Waals surface area contributed by atoms with Crippen molar-refractivity contribution in [2.45, 2.75) is 12.8 Å². The highest BCUT2D eigenvalue weighted by atomic mass is 35.5. The van der Waals surface area contributed by atoms with E-state index in [9.17, 15) is 12.8 Å². The normalized spacial score (nSPS) is 17.0. The molecule has 0 radical (unpaired) electrons. The van der Waals surface area contributed by atoms with Gasteiger partial charge >= 0.3 is 0 Å². The highest BCUT2D eigenvalue weighted by Crippen LogP contribution is 2.26. The Morgan fingerprint density at radius 2 is 2.11 bits per heavy atom. The zero-order valence-corrected chi connectivity index (χ0v) is 16.5. The van der Waals surface area contributed by atoms with Crippen LogP contribution < -0.4 is 9.88 Å². The molecule has 0 bridgehead atoms. The van der Waals surface area contributed by atoms with E-state index in [0.717, 1.165) is 25.7 Å². The largest absolute Gasteiger partial charge is 0.490 e. The molecule has 0 spiro atoms. The monoisotopic (exact) mass is 416 g/mol. The lowest BCUT2D eigenvalue weighted by Crippen LogP contribution is -2.23. The lowest BCUT2D eigenvalue weighted by atomic mass is 10.0. The average molecular weight is 417 g/mol. The Morgan fingerprint density at radius 3 is 2.67 bits per heavy atom. The fourth-order valence-electron chi connectivity index (χ4n) is 2.47. The predicted octanol–water partition coefficient (Wildman–Crippen LogP) is 3.25. The number of benzene rings is 1. The van der Waals surface area contributed by atoms with Crippen molar-refractivity contribution < 1.29 is 22.3 Å². The molecule has 2 aromatic rings. The molecule has 0 amide bonds. The molecule has 1 fully saturated rings. The molecule has 1 atom stereocenters. The van der Waals surface area contributed by atoms with Crippen LogP contribution >= 0.6 is 11.6 Å². The number of nitrogens with zero attached hydrogens (tertiary/aromatic N) is 1. The molecule has 148 valence electrons. The lowest BCUT2D eigenvalue weighted by molar-refractivity contribution is 0.0345. The summed E-state index contributed by atoms with van der Waals surface area (Å²) in [5.74, 6) is 0.222. The van der Waals surface area contributed by atoms with E-state index in [1.54, 1.807) is 30.5 Å². The molecule has 1 aromatic carbocycles. The number of aromatic nitrogens is 1. The van der Waals surface area contributed by atoms with Crippen LogP contribution in [0.3, 0.4) is 0 Å². The molecule has 9 heteroatoms. The van der Waals surface area contributed by atoms with Gasteiger partial charge in [0.15, 0.2) is 11.6 Å². The number of hydrogen-bond donors (Lipinski definition) is 1. The maximum Gasteiger partial charge on any atom is 0.206 e. The molecular weight excluding hydrogens is 395 g/mol. The number of hydrogen-bond acceptors (Lipinski definition) is 5. The summed E-state index contributed by atoms with van der Waals surface area (Å²) in [6.07, 6.45) is 4.58. The summed E-state index contributed by atoms with van der Waals surface area (Å²) in [6, 6.07) is 8.37. The fourth-order valence-corrected chi connectivity index (χ4v) is 2.58. The van der Waals surface area contributed by atoms with E-state index in [0.29, 0.717) is 35.4 Å². The first-order chi connectivity index (χ1) is 12.7. The summed E-state index contributed by atoms with van der Waals surface area (Å²) in [5, 5.41) is 4.88. The summed E-state index contributed by atoms with van der Waals surface area (Å²) < 4.78 is 44.0. The standard InChI is InChI=1S/C17H17ClFNO2.CH5NO2S/c18-14-4-5-16(20-9-14)13-3-6-17(15(19)8-13)22-11-12-2-1-7-21-10-12;1-5(2,3)4/h3-6,8-9,12H,1-2,7,10-11H2;1H3,(H2,2,3,4). The molecule has 3 rings (SSSR count). The molecule has 27 heavy (non-hydrogen) atoms. The second-order valence-corrected chi connectivity index (χ2v) is 8.33. The molecule has 0 aliphatic carbocycles. The first-order valence-corrected chi connectivity index (χ1v) is 10.7.